The van der Waals surface area contributed by atoms with Crippen LogP contribution in [0.5, 0.6) is 0 Å². The van der Waals surface area contributed by atoms with Crippen molar-refractivity contribution in [2.24, 2.45) is 0 Å². The van der Waals surface area contributed by atoms with E-state index in [1.165, 1.54) is 12.8 Å². The monoisotopic (exact) mass is 356 g/mol. The molecule has 1 fully saturated rings. The van der Waals surface area contributed by atoms with E-state index < -0.39 is 0 Å². The zero-order valence-electron chi connectivity index (χ0n) is 9.03. The molecule has 0 amide bonds. The van der Waals surface area contributed by atoms with Gasteiger partial charge in [-0.2, -0.15) is 0 Å². The van der Waals surface area contributed by atoms with E-state index in [0.29, 0.717) is 11.1 Å². The lowest BCUT2D eigenvalue weighted by atomic mass is 10.2. The summed E-state index contributed by atoms with van der Waals surface area (Å²) >= 11 is 8.42. The molecule has 0 radical (unpaired) electrons. The first-order chi connectivity index (χ1) is 8.25. The molecule has 0 unspecified atom stereocenters. The molecule has 3 rings (SSSR count). The normalized spacial score (nSPS) is 14.9. The Bertz CT molecular complexity index is 553. The molecule has 1 aromatic carbocycles. The average Bonchev–Trinajstić information content (AvgIpc) is 3.18. The van der Waals surface area contributed by atoms with Gasteiger partial charge < -0.3 is 0 Å². The van der Waals surface area contributed by atoms with Crippen LogP contribution in [0.3, 0.4) is 0 Å². The maximum absolute atomic E-state index is 6.18. The number of halogens is 2. The van der Waals surface area contributed by atoms with E-state index in [0.717, 1.165) is 20.7 Å². The summed E-state index contributed by atoms with van der Waals surface area (Å²) in [6.07, 6.45) is 2.44. The molecule has 1 aliphatic carbocycles. The maximum Gasteiger partial charge on any atom is 0.161 e. The van der Waals surface area contributed by atoms with Gasteiger partial charge >= 0.3 is 0 Å². The number of aromatic nitrogens is 2. The van der Waals surface area contributed by atoms with E-state index in [9.17, 15) is 0 Å². The van der Waals surface area contributed by atoms with E-state index >= 15 is 0 Å². The van der Waals surface area contributed by atoms with Crippen LogP contribution in [0, 0.1) is 3.57 Å². The van der Waals surface area contributed by atoms with Crippen LogP contribution in [0.1, 0.15) is 24.5 Å². The Kier molecular flexibility index (Phi) is 3.04. The molecule has 0 saturated heterocycles. The molecule has 0 bridgehead atoms. The topological polar surface area (TPSA) is 25.8 Å². The van der Waals surface area contributed by atoms with Crippen molar-refractivity contribution in [3.63, 3.8) is 0 Å². The minimum absolute atomic E-state index is 0.571. The highest BCUT2D eigenvalue weighted by atomic mass is 127. The fraction of sp³-hybridized carbons (Fsp3) is 0.231. The number of benzene rings is 1. The molecule has 1 aliphatic rings. The highest BCUT2D eigenvalue weighted by Crippen LogP contribution is 2.42. The Labute approximate surface area is 119 Å². The Hall–Kier alpha value is -0.680. The van der Waals surface area contributed by atoms with Crippen LogP contribution in [0.4, 0.5) is 0 Å². The van der Waals surface area contributed by atoms with E-state index in [4.69, 9.17) is 11.6 Å². The Morgan fingerprint density at radius 1 is 1.12 bits per heavy atom. The van der Waals surface area contributed by atoms with Crippen molar-refractivity contribution in [2.45, 2.75) is 18.8 Å². The first-order valence-electron chi connectivity index (χ1n) is 5.54. The fourth-order valence-electron chi connectivity index (χ4n) is 1.78. The molecule has 4 heteroatoms. The summed E-state index contributed by atoms with van der Waals surface area (Å²) in [7, 11) is 0. The van der Waals surface area contributed by atoms with Crippen LogP contribution in [0.2, 0.25) is 5.15 Å². The molecule has 86 valence electrons. The summed E-state index contributed by atoms with van der Waals surface area (Å²) in [5, 5.41) is 0.571. The van der Waals surface area contributed by atoms with Gasteiger partial charge in [0.1, 0.15) is 5.15 Å². The van der Waals surface area contributed by atoms with Crippen molar-refractivity contribution in [3.8, 4) is 11.4 Å². The van der Waals surface area contributed by atoms with Crippen LogP contribution in [0.15, 0.2) is 30.3 Å². The van der Waals surface area contributed by atoms with Crippen molar-refractivity contribution in [3.05, 3.63) is 44.7 Å². The second-order valence-electron chi connectivity index (χ2n) is 4.18. The van der Waals surface area contributed by atoms with Crippen molar-refractivity contribution < 1.29 is 0 Å². The summed E-state index contributed by atoms with van der Waals surface area (Å²) in [5.41, 5.74) is 2.14. The van der Waals surface area contributed by atoms with Gasteiger partial charge in [-0.25, -0.2) is 9.97 Å². The lowest BCUT2D eigenvalue weighted by Crippen LogP contribution is -1.99. The van der Waals surface area contributed by atoms with E-state index in [1.54, 1.807) is 0 Å². The lowest BCUT2D eigenvalue weighted by molar-refractivity contribution is 0.978. The van der Waals surface area contributed by atoms with Crippen LogP contribution in [0.25, 0.3) is 11.4 Å². The quantitative estimate of drug-likeness (QED) is 0.593. The molecule has 17 heavy (non-hydrogen) atoms. The number of nitrogens with zero attached hydrogens (tertiary/aromatic N) is 2. The van der Waals surface area contributed by atoms with Gasteiger partial charge in [0.05, 0.1) is 9.26 Å². The number of hydrogen-bond acceptors (Lipinski definition) is 2. The van der Waals surface area contributed by atoms with Gasteiger partial charge in [0, 0.05) is 11.5 Å². The highest BCUT2D eigenvalue weighted by molar-refractivity contribution is 14.1. The summed E-state index contributed by atoms with van der Waals surface area (Å²) in [6, 6.07) is 9.98. The summed E-state index contributed by atoms with van der Waals surface area (Å²) in [6.45, 7) is 0. The lowest BCUT2D eigenvalue weighted by Gasteiger charge is -2.07. The third kappa shape index (κ3) is 2.31. The van der Waals surface area contributed by atoms with Gasteiger partial charge in [-0.1, -0.05) is 41.9 Å². The highest BCUT2D eigenvalue weighted by Gasteiger charge is 2.29. The van der Waals surface area contributed by atoms with Gasteiger partial charge in [0.2, 0.25) is 0 Å². The molecule has 2 nitrogen and oxygen atoms in total. The average molecular weight is 357 g/mol. The van der Waals surface area contributed by atoms with Gasteiger partial charge in [-0.05, 0) is 35.4 Å². The molecular weight excluding hydrogens is 347 g/mol. The minimum Gasteiger partial charge on any atom is -0.232 e. The zero-order valence-corrected chi connectivity index (χ0v) is 11.9. The largest absolute Gasteiger partial charge is 0.232 e. The first kappa shape index (κ1) is 11.4. The smallest absolute Gasteiger partial charge is 0.161 e. The van der Waals surface area contributed by atoms with Crippen LogP contribution >= 0.6 is 34.2 Å². The Morgan fingerprint density at radius 3 is 2.47 bits per heavy atom. The second kappa shape index (κ2) is 4.53. The van der Waals surface area contributed by atoms with Crippen LogP contribution in [-0.4, -0.2) is 9.97 Å². The molecule has 0 aliphatic heterocycles. The van der Waals surface area contributed by atoms with Crippen molar-refractivity contribution >= 4 is 34.2 Å². The van der Waals surface area contributed by atoms with Crippen molar-refractivity contribution in [2.75, 3.05) is 0 Å². The first-order valence-corrected chi connectivity index (χ1v) is 6.99. The standard InChI is InChI=1S/C13H10ClIN2/c14-12-10(15)11(8-6-7-8)16-13(17-12)9-4-2-1-3-5-9/h1-5,8H,6-7H2. The predicted octanol–water partition coefficient (Wildman–Crippen LogP) is 4.28. The molecule has 1 saturated carbocycles. The summed E-state index contributed by atoms with van der Waals surface area (Å²) in [5.74, 6) is 1.32. The van der Waals surface area contributed by atoms with Gasteiger partial charge in [-0.15, -0.1) is 0 Å². The molecule has 2 aromatic rings. The maximum atomic E-state index is 6.18. The zero-order chi connectivity index (χ0) is 11.8. The molecule has 1 heterocycles. The molecule has 0 N–H and O–H groups in total. The van der Waals surface area contributed by atoms with Crippen LogP contribution < -0.4 is 0 Å². The minimum atomic E-state index is 0.571. The fourth-order valence-corrected chi connectivity index (χ4v) is 2.64. The molecule has 0 spiro atoms. The van der Waals surface area contributed by atoms with Gasteiger partial charge in [0.15, 0.2) is 5.82 Å². The Morgan fingerprint density at radius 2 is 1.82 bits per heavy atom. The second-order valence-corrected chi connectivity index (χ2v) is 5.61. The summed E-state index contributed by atoms with van der Waals surface area (Å²) < 4.78 is 1.01. The number of rotatable bonds is 2. The summed E-state index contributed by atoms with van der Waals surface area (Å²) in [4.78, 5) is 9.02. The van der Waals surface area contributed by atoms with Gasteiger partial charge in [-0.3, -0.25) is 0 Å². The predicted molar refractivity (Wildman–Crippen MR) is 77.2 cm³/mol. The Balaban J connectivity index is 2.12. The number of hydrogen-bond donors (Lipinski definition) is 0. The van der Waals surface area contributed by atoms with E-state index in [2.05, 4.69) is 32.6 Å². The SMILES string of the molecule is Clc1nc(-c2ccccc2)nc(C2CC2)c1I. The van der Waals surface area contributed by atoms with Gasteiger partial charge in [0.25, 0.3) is 0 Å². The third-order valence-corrected chi connectivity index (χ3v) is 4.49. The third-order valence-electron chi connectivity index (χ3n) is 2.83. The molecular formula is C13H10ClIN2. The molecule has 0 atom stereocenters. The van der Waals surface area contributed by atoms with Crippen molar-refractivity contribution in [1.82, 2.24) is 9.97 Å². The van der Waals surface area contributed by atoms with E-state index in [-0.39, 0.29) is 0 Å². The molecule has 1 aromatic heterocycles. The van der Waals surface area contributed by atoms with Crippen molar-refractivity contribution in [1.29, 1.82) is 0 Å². The van der Waals surface area contributed by atoms with E-state index in [1.807, 2.05) is 30.3 Å². The van der Waals surface area contributed by atoms with Crippen LogP contribution in [-0.2, 0) is 0 Å².